The highest BCUT2D eigenvalue weighted by molar-refractivity contribution is 7.98. The molecule has 0 aromatic heterocycles. The van der Waals surface area contributed by atoms with Gasteiger partial charge in [0.05, 0.1) is 7.11 Å². The van der Waals surface area contributed by atoms with Crippen LogP contribution in [0.3, 0.4) is 0 Å². The number of carboxylic acids is 1. The van der Waals surface area contributed by atoms with E-state index in [1.807, 2.05) is 32.4 Å². The number of nitrogens with one attached hydrogen (secondary N) is 1. The van der Waals surface area contributed by atoms with Crippen molar-refractivity contribution in [3.8, 4) is 17.6 Å². The third kappa shape index (κ3) is 6.97. The molecule has 4 aliphatic carbocycles. The van der Waals surface area contributed by atoms with Gasteiger partial charge < -0.3 is 25.2 Å². The number of ketones is 1. The Labute approximate surface area is 306 Å². The minimum Gasteiger partial charge on any atom is -0.496 e. The van der Waals surface area contributed by atoms with Gasteiger partial charge in [0, 0.05) is 48.2 Å². The predicted octanol–water partition coefficient (Wildman–Crippen LogP) is 6.92. The van der Waals surface area contributed by atoms with E-state index >= 15 is 0 Å². The smallest absolute Gasteiger partial charge is 0.326 e. The maximum absolute atomic E-state index is 12.9. The summed E-state index contributed by atoms with van der Waals surface area (Å²) in [4.78, 5) is 39.2. The molecule has 1 amide bonds. The molecule has 0 spiro atoms. The van der Waals surface area contributed by atoms with Gasteiger partial charge in [-0.25, -0.2) is 4.79 Å². The molecule has 6 rings (SSSR count). The lowest BCUT2D eigenvalue weighted by Crippen LogP contribution is -2.51. The molecule has 0 heterocycles. The second kappa shape index (κ2) is 14.9. The van der Waals surface area contributed by atoms with Crippen molar-refractivity contribution in [1.29, 1.82) is 0 Å². The Bertz CT molecular complexity index is 1820. The number of nitrogens with zero attached hydrogens (tertiary/aromatic N) is 1. The summed E-state index contributed by atoms with van der Waals surface area (Å²) >= 11 is 1.54. The molecule has 2 aromatic carbocycles. The predicted molar refractivity (Wildman–Crippen MR) is 202 cm³/mol. The number of hydrogen-bond acceptors (Lipinski definition) is 7. The first kappa shape index (κ1) is 36.8. The summed E-state index contributed by atoms with van der Waals surface area (Å²) in [6.07, 6.45) is 9.91. The van der Waals surface area contributed by atoms with E-state index in [0.29, 0.717) is 54.7 Å². The normalized spacial score (nSPS) is 27.2. The Morgan fingerprint density at radius 3 is 2.59 bits per heavy atom. The number of carboxylic acid groups (broad SMARTS) is 1. The van der Waals surface area contributed by atoms with Crippen LogP contribution in [0, 0.1) is 29.1 Å². The van der Waals surface area contributed by atoms with E-state index in [2.05, 4.69) is 53.2 Å². The molecular weight excluding hydrogens is 661 g/mol. The second-order valence-corrected chi connectivity index (χ2v) is 15.9. The fraction of sp³-hybridized carbons (Fsp3) is 0.500. The molecule has 4 aliphatic rings. The topological polar surface area (TPSA) is 116 Å². The van der Waals surface area contributed by atoms with Crippen LogP contribution in [0.1, 0.15) is 92.6 Å². The fourth-order valence-electron chi connectivity index (χ4n) is 9.44. The number of benzene rings is 2. The summed E-state index contributed by atoms with van der Waals surface area (Å²) in [5, 5.41) is 24.2. The van der Waals surface area contributed by atoms with E-state index in [4.69, 9.17) is 4.74 Å². The number of carbonyl (C=O) groups is 3. The summed E-state index contributed by atoms with van der Waals surface area (Å²) in [6.45, 7) is 4.61. The number of anilines is 1. The first-order chi connectivity index (χ1) is 24.4. The van der Waals surface area contributed by atoms with Crippen molar-refractivity contribution in [3.63, 3.8) is 0 Å². The summed E-state index contributed by atoms with van der Waals surface area (Å²) in [6, 6.07) is 13.0. The molecule has 0 radical (unpaired) electrons. The quantitative estimate of drug-likeness (QED) is 0.215. The highest BCUT2D eigenvalue weighted by Gasteiger charge is 2.62. The van der Waals surface area contributed by atoms with Crippen molar-refractivity contribution in [2.75, 3.05) is 31.1 Å². The standard InChI is InChI=1S/C42H50N2O6S/c1-6-19-42(49)20-17-35-33-15-11-27-22-31(45)14-16-32(27)38(33)34(24-41(35,42)2)26-9-12-30(13-10-26)44(3)25-29-8-7-28(23-37(29)50-4)39(46)43-36(40(47)48)18-21-51-5/h7-10,12-13,22-23,33-36,49H,11,14-18,20-21,24-25H2,1-5H3,(H,43,46)(H,47,48)/t33-,34+,35-,36+,41-,42-/m0/s1. The number of aliphatic hydroxyl groups is 1. The summed E-state index contributed by atoms with van der Waals surface area (Å²) in [5.41, 5.74) is 6.24. The van der Waals surface area contributed by atoms with Gasteiger partial charge in [-0.05, 0) is 123 Å². The third-order valence-electron chi connectivity index (χ3n) is 12.1. The zero-order valence-electron chi connectivity index (χ0n) is 30.4. The summed E-state index contributed by atoms with van der Waals surface area (Å²) in [7, 11) is 3.59. The number of allylic oxidation sites excluding steroid dienone is 4. The van der Waals surface area contributed by atoms with Gasteiger partial charge in [0.2, 0.25) is 0 Å². The van der Waals surface area contributed by atoms with Crippen LogP contribution in [0.25, 0.3) is 0 Å². The summed E-state index contributed by atoms with van der Waals surface area (Å²) < 4.78 is 5.68. The third-order valence-corrected chi connectivity index (χ3v) is 12.8. The lowest BCUT2D eigenvalue weighted by atomic mass is 9.51. The Balaban J connectivity index is 1.25. The number of methoxy groups -OCH3 is 1. The molecule has 0 saturated heterocycles. The van der Waals surface area contributed by atoms with E-state index < -0.39 is 23.5 Å². The van der Waals surface area contributed by atoms with Gasteiger partial charge in [0.1, 0.15) is 17.4 Å². The monoisotopic (exact) mass is 710 g/mol. The van der Waals surface area contributed by atoms with E-state index in [1.165, 1.54) is 34.0 Å². The van der Waals surface area contributed by atoms with Crippen molar-refractivity contribution in [3.05, 3.63) is 82.0 Å². The lowest BCUT2D eigenvalue weighted by Gasteiger charge is -2.53. The number of carbonyl (C=O) groups excluding carboxylic acids is 2. The largest absolute Gasteiger partial charge is 0.496 e. The average molecular weight is 711 g/mol. The number of amides is 1. The van der Waals surface area contributed by atoms with Crippen molar-refractivity contribution >= 4 is 35.1 Å². The number of aliphatic carboxylic acids is 1. The molecule has 9 heteroatoms. The second-order valence-electron chi connectivity index (χ2n) is 14.9. The van der Waals surface area contributed by atoms with Gasteiger partial charge in [0.25, 0.3) is 5.91 Å². The van der Waals surface area contributed by atoms with Gasteiger partial charge in [-0.15, -0.1) is 5.92 Å². The van der Waals surface area contributed by atoms with Crippen LogP contribution in [0.5, 0.6) is 5.75 Å². The molecule has 2 saturated carbocycles. The van der Waals surface area contributed by atoms with E-state index in [9.17, 15) is 24.6 Å². The molecule has 8 nitrogen and oxygen atoms in total. The van der Waals surface area contributed by atoms with Gasteiger partial charge >= 0.3 is 5.97 Å². The van der Waals surface area contributed by atoms with Crippen LogP contribution in [0.15, 0.2) is 65.3 Å². The van der Waals surface area contributed by atoms with Crippen LogP contribution in [0.2, 0.25) is 0 Å². The molecule has 2 fully saturated rings. The van der Waals surface area contributed by atoms with Crippen molar-refractivity contribution in [2.24, 2.45) is 17.3 Å². The maximum atomic E-state index is 12.9. The molecule has 2 aromatic rings. The van der Waals surface area contributed by atoms with Gasteiger partial charge in [-0.3, -0.25) is 9.59 Å². The fourth-order valence-corrected chi connectivity index (χ4v) is 9.91. The van der Waals surface area contributed by atoms with E-state index in [1.54, 1.807) is 19.2 Å². The highest BCUT2D eigenvalue weighted by Crippen LogP contribution is 2.66. The van der Waals surface area contributed by atoms with Crippen LogP contribution < -0.4 is 15.0 Å². The molecule has 6 atom stereocenters. The molecule has 270 valence electrons. The zero-order chi connectivity index (χ0) is 36.5. The number of fused-ring (bicyclic) bond motifs is 4. The molecule has 0 bridgehead atoms. The Morgan fingerprint density at radius 2 is 1.90 bits per heavy atom. The highest BCUT2D eigenvalue weighted by atomic mass is 32.2. The minimum absolute atomic E-state index is 0.131. The van der Waals surface area contributed by atoms with Crippen LogP contribution in [-0.2, 0) is 16.1 Å². The maximum Gasteiger partial charge on any atom is 0.326 e. The number of rotatable bonds is 11. The van der Waals surface area contributed by atoms with Gasteiger partial charge in [-0.1, -0.05) is 36.6 Å². The van der Waals surface area contributed by atoms with Gasteiger partial charge in [0.15, 0.2) is 5.78 Å². The zero-order valence-corrected chi connectivity index (χ0v) is 31.2. The summed E-state index contributed by atoms with van der Waals surface area (Å²) in [5.74, 6) is 7.06. The molecule has 0 unspecified atom stereocenters. The van der Waals surface area contributed by atoms with Crippen molar-refractivity contribution < 1.29 is 29.3 Å². The molecule has 3 N–H and O–H groups in total. The first-order valence-corrected chi connectivity index (χ1v) is 19.5. The Kier molecular flexibility index (Phi) is 10.8. The first-order valence-electron chi connectivity index (χ1n) is 18.1. The SMILES string of the molecule is CC#C[C@]1(O)CC[C@H]2[C@@H]3CCC4=CC(=O)CCC4=C3[C@@H](c3ccc(N(C)Cc4ccc(C(=O)N[C@H](CCSC)C(=O)O)cc4OC)cc3)C[C@@]21C. The molecule has 51 heavy (non-hydrogen) atoms. The van der Waals surface area contributed by atoms with Gasteiger partial charge in [-0.2, -0.15) is 11.8 Å². The number of ether oxygens (including phenoxy) is 1. The average Bonchev–Trinajstić information content (AvgIpc) is 3.38. The van der Waals surface area contributed by atoms with E-state index in [-0.39, 0.29) is 17.1 Å². The number of hydrogen-bond donors (Lipinski definition) is 3. The number of thioether (sulfide) groups is 1. The lowest BCUT2D eigenvalue weighted by molar-refractivity contribution is -0.139. The van der Waals surface area contributed by atoms with Crippen LogP contribution >= 0.6 is 11.8 Å². The van der Waals surface area contributed by atoms with E-state index in [0.717, 1.165) is 43.4 Å². The molecule has 0 aliphatic heterocycles. The van der Waals surface area contributed by atoms with Crippen molar-refractivity contribution in [1.82, 2.24) is 5.32 Å². The Hall–Kier alpha value is -4.00. The van der Waals surface area contributed by atoms with Crippen LogP contribution in [0.4, 0.5) is 5.69 Å². The molecular formula is C42H50N2O6S. The minimum atomic E-state index is -1.05. The van der Waals surface area contributed by atoms with Crippen molar-refractivity contribution in [2.45, 2.75) is 89.3 Å². The Morgan fingerprint density at radius 1 is 1.14 bits per heavy atom. The van der Waals surface area contributed by atoms with Crippen LogP contribution in [-0.4, -0.2) is 65.7 Å².